The Morgan fingerprint density at radius 3 is 2.65 bits per heavy atom. The highest BCUT2D eigenvalue weighted by Gasteiger charge is 2.22. The molecule has 37 heavy (non-hydrogen) atoms. The molecule has 0 bridgehead atoms. The van der Waals surface area contributed by atoms with Crippen LogP contribution in [0.1, 0.15) is 12.6 Å². The Morgan fingerprint density at radius 1 is 1.11 bits per heavy atom. The molecule has 3 aromatic heterocycles. The van der Waals surface area contributed by atoms with Gasteiger partial charge in [-0.1, -0.05) is 29.8 Å². The molecular formula is C27H27ClN6O3. The number of amides is 1. The molecule has 0 radical (unpaired) electrons. The number of pyridine rings is 2. The number of carbonyl (C=O) groups is 1. The molecule has 10 heteroatoms. The van der Waals surface area contributed by atoms with E-state index in [4.69, 9.17) is 16.3 Å². The smallest absolute Gasteiger partial charge is 0.260 e. The van der Waals surface area contributed by atoms with Crippen molar-refractivity contribution in [1.29, 1.82) is 0 Å². The van der Waals surface area contributed by atoms with Gasteiger partial charge >= 0.3 is 0 Å². The summed E-state index contributed by atoms with van der Waals surface area (Å²) in [6.45, 7) is 6.28. The van der Waals surface area contributed by atoms with Crippen molar-refractivity contribution in [2.45, 2.75) is 20.4 Å². The van der Waals surface area contributed by atoms with Crippen molar-refractivity contribution in [2.24, 2.45) is 0 Å². The first-order chi connectivity index (χ1) is 17.9. The maximum atomic E-state index is 13.8. The van der Waals surface area contributed by atoms with Crippen LogP contribution in [-0.4, -0.2) is 63.2 Å². The molecule has 5 rings (SSSR count). The van der Waals surface area contributed by atoms with Gasteiger partial charge in [-0.3, -0.25) is 19.1 Å². The van der Waals surface area contributed by atoms with Crippen LogP contribution < -0.4 is 10.9 Å². The van der Waals surface area contributed by atoms with Gasteiger partial charge in [0, 0.05) is 58.6 Å². The monoisotopic (exact) mass is 518 g/mol. The number of aryl methyl sites for hydroxylation is 1. The van der Waals surface area contributed by atoms with E-state index >= 15 is 0 Å². The van der Waals surface area contributed by atoms with Gasteiger partial charge in [-0.05, 0) is 38.1 Å². The number of hydrogen-bond acceptors (Lipinski definition) is 7. The minimum Gasteiger partial charge on any atom is -0.378 e. The molecule has 1 aliphatic heterocycles. The third-order valence-electron chi connectivity index (χ3n) is 6.26. The van der Waals surface area contributed by atoms with Gasteiger partial charge in [0.1, 0.15) is 12.2 Å². The Bertz CT molecular complexity index is 1530. The van der Waals surface area contributed by atoms with Crippen molar-refractivity contribution in [1.82, 2.24) is 24.4 Å². The van der Waals surface area contributed by atoms with E-state index in [0.29, 0.717) is 66.0 Å². The lowest BCUT2D eigenvalue weighted by Gasteiger charge is -2.27. The van der Waals surface area contributed by atoms with E-state index in [0.717, 1.165) is 17.0 Å². The number of anilines is 1. The number of carbonyl (C=O) groups excluding carboxylic acids is 1. The number of morpholine rings is 1. The zero-order chi connectivity index (χ0) is 25.9. The van der Waals surface area contributed by atoms with Crippen LogP contribution >= 0.6 is 11.6 Å². The van der Waals surface area contributed by atoms with Gasteiger partial charge in [0.05, 0.1) is 18.9 Å². The summed E-state index contributed by atoms with van der Waals surface area (Å²) in [6.07, 6.45) is 1.65. The third kappa shape index (κ3) is 5.19. The van der Waals surface area contributed by atoms with Crippen LogP contribution in [-0.2, 0) is 16.1 Å². The van der Waals surface area contributed by atoms with E-state index in [1.165, 1.54) is 4.57 Å². The van der Waals surface area contributed by atoms with Gasteiger partial charge in [0.15, 0.2) is 0 Å². The number of hydrogen-bond donors (Lipinski definition) is 1. The molecule has 0 unspecified atom stereocenters. The van der Waals surface area contributed by atoms with Gasteiger partial charge in [-0.15, -0.1) is 0 Å². The number of aromatic nitrogens is 4. The van der Waals surface area contributed by atoms with Gasteiger partial charge < -0.3 is 15.0 Å². The molecule has 4 aromatic rings. The van der Waals surface area contributed by atoms with E-state index in [2.05, 4.69) is 20.3 Å². The van der Waals surface area contributed by atoms with Crippen molar-refractivity contribution in [2.75, 3.05) is 38.2 Å². The minimum atomic E-state index is -0.349. The molecule has 9 nitrogen and oxygen atoms in total. The molecule has 0 saturated carbocycles. The molecule has 190 valence electrons. The number of nitrogens with one attached hydrogen (secondary N) is 1. The van der Waals surface area contributed by atoms with E-state index < -0.39 is 0 Å². The quantitative estimate of drug-likeness (QED) is 0.414. The average Bonchev–Trinajstić information content (AvgIpc) is 2.91. The lowest BCUT2D eigenvalue weighted by molar-refractivity contribution is -0.135. The number of fused-ring (bicyclic) bond motifs is 1. The Kier molecular flexibility index (Phi) is 7.16. The number of halogens is 1. The molecule has 0 spiro atoms. The Hall–Kier alpha value is -3.82. The standard InChI is InChI=1S/C27H27ClN6O3/c1-3-29-27-30-15-19-13-21(20-8-7-18(14-22(20)28)23-6-4-5-17(2)31-23)26(36)34(25(19)32-27)16-24(35)33-9-11-37-12-10-33/h4-8,13-15H,3,9-12,16H2,1-2H3,(H,29,30,32). The molecule has 1 N–H and O–H groups in total. The second kappa shape index (κ2) is 10.7. The SMILES string of the molecule is CCNc1ncc2cc(-c3ccc(-c4cccc(C)n4)cc3Cl)c(=O)n(CC(=O)N3CCOCC3)c2n1. The molecule has 1 aliphatic rings. The number of nitrogens with zero attached hydrogens (tertiary/aromatic N) is 5. The third-order valence-corrected chi connectivity index (χ3v) is 6.58. The summed E-state index contributed by atoms with van der Waals surface area (Å²) in [5, 5.41) is 4.11. The summed E-state index contributed by atoms with van der Waals surface area (Å²) >= 11 is 6.72. The zero-order valence-electron chi connectivity index (χ0n) is 20.7. The van der Waals surface area contributed by atoms with E-state index in [1.54, 1.807) is 23.2 Å². The highest BCUT2D eigenvalue weighted by Crippen LogP contribution is 2.31. The summed E-state index contributed by atoms with van der Waals surface area (Å²) < 4.78 is 6.78. The summed E-state index contributed by atoms with van der Waals surface area (Å²) in [5.74, 6) is 0.224. The Balaban J connectivity index is 1.61. The second-order valence-electron chi connectivity index (χ2n) is 8.80. The number of benzene rings is 1. The first kappa shape index (κ1) is 24.9. The predicted molar refractivity (Wildman–Crippen MR) is 144 cm³/mol. The summed E-state index contributed by atoms with van der Waals surface area (Å²) in [5.41, 5.74) is 3.52. The molecule has 1 fully saturated rings. The minimum absolute atomic E-state index is 0.144. The molecule has 1 saturated heterocycles. The van der Waals surface area contributed by atoms with E-state index in [1.807, 2.05) is 44.2 Å². The van der Waals surface area contributed by atoms with Crippen LogP contribution in [0.15, 0.2) is 53.5 Å². The molecule has 4 heterocycles. The van der Waals surface area contributed by atoms with Crippen LogP contribution in [0.5, 0.6) is 0 Å². The van der Waals surface area contributed by atoms with Crippen LogP contribution in [0.4, 0.5) is 5.95 Å². The fraction of sp³-hybridized carbons (Fsp3) is 0.296. The molecule has 1 aromatic carbocycles. The van der Waals surface area contributed by atoms with Crippen LogP contribution in [0.25, 0.3) is 33.4 Å². The largest absolute Gasteiger partial charge is 0.378 e. The first-order valence-corrected chi connectivity index (χ1v) is 12.6. The maximum Gasteiger partial charge on any atom is 0.260 e. The van der Waals surface area contributed by atoms with Crippen molar-refractivity contribution >= 4 is 34.5 Å². The molecule has 1 amide bonds. The summed E-state index contributed by atoms with van der Waals surface area (Å²) in [7, 11) is 0. The van der Waals surface area contributed by atoms with E-state index in [9.17, 15) is 9.59 Å². The predicted octanol–water partition coefficient (Wildman–Crippen LogP) is 3.77. The Morgan fingerprint density at radius 2 is 1.92 bits per heavy atom. The van der Waals surface area contributed by atoms with Gasteiger partial charge in [0.25, 0.3) is 5.56 Å². The number of ether oxygens (including phenoxy) is 1. The molecule has 0 aliphatic carbocycles. The number of rotatable bonds is 6. The highest BCUT2D eigenvalue weighted by atomic mass is 35.5. The van der Waals surface area contributed by atoms with Gasteiger partial charge in [-0.25, -0.2) is 4.98 Å². The first-order valence-electron chi connectivity index (χ1n) is 12.2. The Labute approximate surface area is 219 Å². The van der Waals surface area contributed by atoms with Crippen molar-refractivity contribution in [3.05, 3.63) is 69.7 Å². The van der Waals surface area contributed by atoms with Crippen molar-refractivity contribution in [3.63, 3.8) is 0 Å². The van der Waals surface area contributed by atoms with Crippen LogP contribution in [0, 0.1) is 6.92 Å². The van der Waals surface area contributed by atoms with Gasteiger partial charge in [0.2, 0.25) is 11.9 Å². The maximum absolute atomic E-state index is 13.8. The summed E-state index contributed by atoms with van der Waals surface area (Å²) in [4.78, 5) is 42.2. The zero-order valence-corrected chi connectivity index (χ0v) is 21.5. The van der Waals surface area contributed by atoms with Crippen LogP contribution in [0.2, 0.25) is 5.02 Å². The van der Waals surface area contributed by atoms with Crippen molar-refractivity contribution in [3.8, 4) is 22.4 Å². The average molecular weight is 519 g/mol. The van der Waals surface area contributed by atoms with Crippen LogP contribution in [0.3, 0.4) is 0 Å². The fourth-order valence-corrected chi connectivity index (χ4v) is 4.67. The highest BCUT2D eigenvalue weighted by molar-refractivity contribution is 6.33. The summed E-state index contributed by atoms with van der Waals surface area (Å²) in [6, 6.07) is 13.0. The molecule has 0 atom stereocenters. The van der Waals surface area contributed by atoms with Crippen molar-refractivity contribution < 1.29 is 9.53 Å². The lowest BCUT2D eigenvalue weighted by atomic mass is 10.0. The lowest BCUT2D eigenvalue weighted by Crippen LogP contribution is -2.43. The second-order valence-corrected chi connectivity index (χ2v) is 9.21. The topological polar surface area (TPSA) is 102 Å². The van der Waals surface area contributed by atoms with E-state index in [-0.39, 0.29) is 18.0 Å². The fourth-order valence-electron chi connectivity index (χ4n) is 4.39. The normalized spacial score (nSPS) is 13.6. The van der Waals surface area contributed by atoms with Gasteiger partial charge in [-0.2, -0.15) is 4.98 Å². The molecular weight excluding hydrogens is 492 g/mol.